The van der Waals surface area contributed by atoms with Crippen molar-refractivity contribution in [2.75, 3.05) is 9.80 Å². The Hall–Kier alpha value is -7.94. The lowest BCUT2D eigenvalue weighted by atomic mass is 9.70. The van der Waals surface area contributed by atoms with Gasteiger partial charge in [0.2, 0.25) is 0 Å². The Morgan fingerprint density at radius 3 is 1.70 bits per heavy atom. The van der Waals surface area contributed by atoms with Gasteiger partial charge >= 0.3 is 0 Å². The van der Waals surface area contributed by atoms with Crippen LogP contribution >= 0.6 is 0 Å². The van der Waals surface area contributed by atoms with Crippen LogP contribution in [-0.4, -0.2) is 6.04 Å². The number of allylic oxidation sites excluding steroid dienone is 2. The minimum atomic E-state index is -0.551. The van der Waals surface area contributed by atoms with E-state index < -0.39 is 5.41 Å². The third-order valence-corrected chi connectivity index (χ3v) is 13.4. The largest absolute Gasteiger partial charge is 0.334 e. The number of hydrogen-bond donors (Lipinski definition) is 0. The predicted octanol–water partition coefficient (Wildman–Crippen LogP) is 15.9. The molecule has 0 aromatic heterocycles. The minimum Gasteiger partial charge on any atom is -0.334 e. The van der Waals surface area contributed by atoms with Gasteiger partial charge in [0.15, 0.2) is 0 Å². The van der Waals surface area contributed by atoms with Gasteiger partial charge in [0, 0.05) is 33.9 Å². The summed E-state index contributed by atoms with van der Waals surface area (Å²) in [5.41, 5.74) is 20.4. The molecule has 3 aliphatic carbocycles. The summed E-state index contributed by atoms with van der Waals surface area (Å²) >= 11 is 0. The Balaban J connectivity index is 1.11. The highest BCUT2D eigenvalue weighted by molar-refractivity contribution is 6.02. The van der Waals surface area contributed by atoms with Gasteiger partial charge in [-0.05, 0) is 111 Å². The van der Waals surface area contributed by atoms with Crippen LogP contribution in [0.4, 0.5) is 28.4 Å². The van der Waals surface area contributed by atoms with Gasteiger partial charge in [0.05, 0.1) is 17.1 Å². The van der Waals surface area contributed by atoms with Crippen LogP contribution in [0, 0.1) is 0 Å². The van der Waals surface area contributed by atoms with Crippen LogP contribution in [0.2, 0.25) is 0 Å². The molecule has 0 radical (unpaired) electrons. The summed E-state index contributed by atoms with van der Waals surface area (Å²) in [6.07, 6.45) is 9.95. The molecule has 0 aliphatic heterocycles. The van der Waals surface area contributed by atoms with E-state index in [-0.39, 0.29) is 6.04 Å². The monoisotopic (exact) mass is 804 g/mol. The molecule has 63 heavy (non-hydrogen) atoms. The van der Waals surface area contributed by atoms with Crippen molar-refractivity contribution in [3.8, 4) is 44.5 Å². The lowest BCUT2D eigenvalue weighted by Crippen LogP contribution is -2.31. The minimum absolute atomic E-state index is 0.137. The van der Waals surface area contributed by atoms with Gasteiger partial charge in [-0.3, -0.25) is 0 Å². The van der Waals surface area contributed by atoms with E-state index in [0.29, 0.717) is 0 Å². The number of rotatable bonds is 8. The van der Waals surface area contributed by atoms with Crippen molar-refractivity contribution in [2.24, 2.45) is 0 Å². The van der Waals surface area contributed by atoms with E-state index in [1.54, 1.807) is 0 Å². The Morgan fingerprint density at radius 2 is 0.937 bits per heavy atom. The second kappa shape index (κ2) is 15.2. The van der Waals surface area contributed by atoms with E-state index in [9.17, 15) is 0 Å². The molecule has 0 saturated carbocycles. The van der Waals surface area contributed by atoms with E-state index >= 15 is 0 Å². The zero-order chi connectivity index (χ0) is 41.7. The Bertz CT molecular complexity index is 3220. The number of para-hydroxylation sites is 2. The van der Waals surface area contributed by atoms with E-state index in [1.807, 2.05) is 0 Å². The smallest absolute Gasteiger partial charge is 0.0727 e. The van der Waals surface area contributed by atoms with E-state index in [0.717, 1.165) is 23.5 Å². The first kappa shape index (κ1) is 36.9. The van der Waals surface area contributed by atoms with Gasteiger partial charge in [-0.25, -0.2) is 0 Å². The molecule has 2 unspecified atom stereocenters. The molecule has 3 aliphatic rings. The molecule has 9 aromatic rings. The fraction of sp³-hybridized carbons (Fsp3) is 0.0492. The Morgan fingerprint density at radius 1 is 0.365 bits per heavy atom. The van der Waals surface area contributed by atoms with Gasteiger partial charge in [0.25, 0.3) is 0 Å². The third kappa shape index (κ3) is 5.86. The van der Waals surface area contributed by atoms with E-state index in [4.69, 9.17) is 0 Å². The molecule has 0 heterocycles. The molecular formula is C61H44N2. The second-order valence-corrected chi connectivity index (χ2v) is 16.7. The van der Waals surface area contributed by atoms with Gasteiger partial charge in [0.1, 0.15) is 0 Å². The Kier molecular flexibility index (Phi) is 8.90. The van der Waals surface area contributed by atoms with E-state index in [1.165, 1.54) is 78.1 Å². The number of fused-ring (bicyclic) bond motifs is 10. The maximum absolute atomic E-state index is 2.58. The average Bonchev–Trinajstić information content (AvgIpc) is 3.83. The molecule has 9 aromatic carbocycles. The fourth-order valence-corrected chi connectivity index (χ4v) is 10.8. The molecule has 2 atom stereocenters. The summed E-state index contributed by atoms with van der Waals surface area (Å²) in [6.45, 7) is 0. The first-order chi connectivity index (χ1) is 31.3. The van der Waals surface area contributed by atoms with Gasteiger partial charge in [-0.1, -0.05) is 200 Å². The molecular weight excluding hydrogens is 761 g/mol. The first-order valence-electron chi connectivity index (χ1n) is 22.0. The SMILES string of the molecule is C1=CCC(N(c2ccc3c(c2)C2(c4ccccc4-3)c3ccccc3-c3c(N(c4ccccc4)c4cccc(-c5ccccc5)c4)cccc32)c2ccccc2-c2ccccc2)C=C1. The quantitative estimate of drug-likeness (QED) is 0.151. The summed E-state index contributed by atoms with van der Waals surface area (Å²) in [5.74, 6) is 0. The van der Waals surface area contributed by atoms with Gasteiger partial charge in [-0.15, -0.1) is 0 Å². The lowest BCUT2D eigenvalue weighted by Gasteiger charge is -2.36. The molecule has 0 saturated heterocycles. The molecule has 2 nitrogen and oxygen atoms in total. The summed E-state index contributed by atoms with van der Waals surface area (Å²) in [4.78, 5) is 5.04. The fourth-order valence-electron chi connectivity index (χ4n) is 10.8. The van der Waals surface area contributed by atoms with Crippen LogP contribution in [0.1, 0.15) is 28.7 Å². The molecule has 2 heteroatoms. The summed E-state index contributed by atoms with van der Waals surface area (Å²) in [6, 6.07) is 83.0. The van der Waals surface area contributed by atoms with Gasteiger partial charge < -0.3 is 9.80 Å². The molecule has 0 amide bonds. The predicted molar refractivity (Wildman–Crippen MR) is 264 cm³/mol. The third-order valence-electron chi connectivity index (χ3n) is 13.4. The molecule has 1 spiro atoms. The number of nitrogens with zero attached hydrogens (tertiary/aromatic N) is 2. The van der Waals surface area contributed by atoms with Crippen LogP contribution in [0.15, 0.2) is 249 Å². The average molecular weight is 805 g/mol. The zero-order valence-corrected chi connectivity index (χ0v) is 34.9. The van der Waals surface area contributed by atoms with Crippen LogP contribution < -0.4 is 9.80 Å². The second-order valence-electron chi connectivity index (χ2n) is 16.7. The van der Waals surface area contributed by atoms with Crippen molar-refractivity contribution < 1.29 is 0 Å². The maximum atomic E-state index is 2.58. The Labute approximate surface area is 370 Å². The normalized spacial score (nSPS) is 16.3. The van der Waals surface area contributed by atoms with Crippen LogP contribution in [-0.2, 0) is 5.41 Å². The first-order valence-corrected chi connectivity index (χ1v) is 22.0. The topological polar surface area (TPSA) is 6.48 Å². The lowest BCUT2D eigenvalue weighted by molar-refractivity contribution is 0.774. The molecule has 0 bridgehead atoms. The number of anilines is 5. The number of benzene rings is 9. The van der Waals surface area contributed by atoms with Crippen molar-refractivity contribution >= 4 is 28.4 Å². The van der Waals surface area contributed by atoms with Crippen molar-refractivity contribution in [1.82, 2.24) is 0 Å². The van der Waals surface area contributed by atoms with Crippen molar-refractivity contribution in [3.05, 3.63) is 271 Å². The zero-order valence-electron chi connectivity index (χ0n) is 34.9. The van der Waals surface area contributed by atoms with Gasteiger partial charge in [-0.2, -0.15) is 0 Å². The number of hydrogen-bond acceptors (Lipinski definition) is 2. The molecule has 298 valence electrons. The summed E-state index contributed by atoms with van der Waals surface area (Å²) in [5, 5.41) is 0. The summed E-state index contributed by atoms with van der Waals surface area (Å²) in [7, 11) is 0. The van der Waals surface area contributed by atoms with Crippen molar-refractivity contribution in [1.29, 1.82) is 0 Å². The van der Waals surface area contributed by atoms with Crippen molar-refractivity contribution in [2.45, 2.75) is 17.9 Å². The highest BCUT2D eigenvalue weighted by Gasteiger charge is 2.52. The molecule has 12 rings (SSSR count). The highest BCUT2D eigenvalue weighted by atomic mass is 15.2. The maximum Gasteiger partial charge on any atom is 0.0727 e. The highest BCUT2D eigenvalue weighted by Crippen LogP contribution is 2.65. The molecule has 0 fully saturated rings. The van der Waals surface area contributed by atoms with Crippen LogP contribution in [0.5, 0.6) is 0 Å². The molecule has 0 N–H and O–H groups in total. The summed E-state index contributed by atoms with van der Waals surface area (Å²) < 4.78 is 0. The standard InChI is InChI=1S/C61H44N2/c1-5-21-43(22-6-1)45-25-19-30-48(41-45)63(47-28-11-4-12-29-47)59-38-20-36-56-60(59)53-33-14-17-35-55(53)61(56)54-34-16-13-32-51(54)52-40-39-49(42-57(52)61)62(46-26-9-3-10-27-46)58-37-18-15-31-50(58)44-23-7-2-8-24-44/h1-26,28-42,46H,27H2. The van der Waals surface area contributed by atoms with Crippen LogP contribution in [0.25, 0.3) is 44.5 Å². The van der Waals surface area contributed by atoms with Crippen molar-refractivity contribution in [3.63, 3.8) is 0 Å². The van der Waals surface area contributed by atoms with Crippen LogP contribution in [0.3, 0.4) is 0 Å². The van der Waals surface area contributed by atoms with E-state index in [2.05, 4.69) is 259 Å².